The van der Waals surface area contributed by atoms with E-state index in [2.05, 4.69) is 0 Å². The van der Waals surface area contributed by atoms with E-state index in [-0.39, 0.29) is 34.8 Å². The summed E-state index contributed by atoms with van der Waals surface area (Å²) in [6, 6.07) is 11.7. The first-order valence-electron chi connectivity index (χ1n) is 14.0. The Morgan fingerprint density at radius 1 is 1.02 bits per heavy atom. The topological polar surface area (TPSA) is 129 Å². The van der Waals surface area contributed by atoms with Gasteiger partial charge in [-0.1, -0.05) is 24.3 Å². The Kier molecular flexibility index (Phi) is 8.56. The summed E-state index contributed by atoms with van der Waals surface area (Å²) in [5.41, 5.74) is 1.70. The summed E-state index contributed by atoms with van der Waals surface area (Å²) in [4.78, 5) is 50.0. The molecule has 0 amide bonds. The number of aromatic hydroxyl groups is 1. The predicted molar refractivity (Wildman–Crippen MR) is 152 cm³/mol. The Morgan fingerprint density at radius 2 is 1.79 bits per heavy atom. The Hall–Kier alpha value is -4.66. The zero-order valence-corrected chi connectivity index (χ0v) is 23.5. The number of cyclic esters (lactones) is 1. The van der Waals surface area contributed by atoms with Gasteiger partial charge in [-0.15, -0.1) is 0 Å². The van der Waals surface area contributed by atoms with Crippen molar-refractivity contribution in [2.75, 3.05) is 7.11 Å². The molecule has 5 rings (SSSR count). The number of carbonyl (C=O) groups excluding carboxylic acids is 4. The summed E-state index contributed by atoms with van der Waals surface area (Å²) in [7, 11) is 1.31. The molecule has 2 aliphatic rings. The third-order valence-electron chi connectivity index (χ3n) is 7.54. The molecule has 0 spiro atoms. The zero-order chi connectivity index (χ0) is 29.8. The van der Waals surface area contributed by atoms with Crippen LogP contribution in [-0.4, -0.2) is 42.0 Å². The molecular formula is C33H32O9. The van der Waals surface area contributed by atoms with Crippen molar-refractivity contribution in [3.8, 4) is 22.8 Å². The van der Waals surface area contributed by atoms with E-state index in [1.165, 1.54) is 7.11 Å². The fourth-order valence-corrected chi connectivity index (χ4v) is 5.35. The predicted octanol–water partition coefficient (Wildman–Crippen LogP) is 6.36. The number of methoxy groups -OCH3 is 1. The van der Waals surface area contributed by atoms with Crippen LogP contribution in [0.4, 0.5) is 0 Å². The Labute approximate surface area is 243 Å². The number of benzene rings is 2. The van der Waals surface area contributed by atoms with Crippen molar-refractivity contribution < 1.29 is 42.9 Å². The van der Waals surface area contributed by atoms with Crippen LogP contribution in [0.2, 0.25) is 0 Å². The second-order valence-electron chi connectivity index (χ2n) is 10.5. The summed E-state index contributed by atoms with van der Waals surface area (Å²) in [6.45, 7) is 1.76. The molecule has 1 N–H and O–H groups in total. The summed E-state index contributed by atoms with van der Waals surface area (Å²) in [6.07, 6.45) is 6.24. The molecule has 2 aliphatic heterocycles. The molecular weight excluding hydrogens is 540 g/mol. The zero-order valence-electron chi connectivity index (χ0n) is 23.5. The number of carbonyl (C=O) groups is 4. The van der Waals surface area contributed by atoms with Gasteiger partial charge in [0.15, 0.2) is 0 Å². The van der Waals surface area contributed by atoms with Crippen LogP contribution in [0.3, 0.4) is 0 Å². The van der Waals surface area contributed by atoms with Crippen LogP contribution < -0.4 is 4.74 Å². The summed E-state index contributed by atoms with van der Waals surface area (Å²) in [5.74, 6) is -1.50. The molecule has 0 saturated carbocycles. The molecule has 218 valence electrons. The highest BCUT2D eigenvalue weighted by Crippen LogP contribution is 2.48. The number of esters is 3. The number of ether oxygens (including phenoxy) is 3. The Bertz CT molecular complexity index is 1540. The molecule has 3 heterocycles. The van der Waals surface area contributed by atoms with E-state index in [0.29, 0.717) is 66.7 Å². The molecule has 42 heavy (non-hydrogen) atoms. The highest BCUT2D eigenvalue weighted by atomic mass is 16.5. The monoisotopic (exact) mass is 572 g/mol. The summed E-state index contributed by atoms with van der Waals surface area (Å²) >= 11 is 0. The maximum Gasteiger partial charge on any atom is 0.342 e. The van der Waals surface area contributed by atoms with Gasteiger partial charge in [0.2, 0.25) is 0 Å². The van der Waals surface area contributed by atoms with Crippen molar-refractivity contribution in [2.24, 2.45) is 0 Å². The molecule has 2 aromatic carbocycles. The minimum absolute atomic E-state index is 0.0156. The Balaban J connectivity index is 1.53. The third-order valence-corrected chi connectivity index (χ3v) is 7.54. The molecule has 0 saturated heterocycles. The third kappa shape index (κ3) is 6.15. The number of hydrogen-bond acceptors (Lipinski definition) is 9. The van der Waals surface area contributed by atoms with Crippen LogP contribution in [0.25, 0.3) is 17.4 Å². The maximum atomic E-state index is 13.4. The van der Waals surface area contributed by atoms with E-state index in [1.54, 1.807) is 55.5 Å². The van der Waals surface area contributed by atoms with Crippen LogP contribution in [0, 0.1) is 0 Å². The van der Waals surface area contributed by atoms with Crippen molar-refractivity contribution in [3.63, 3.8) is 0 Å². The van der Waals surface area contributed by atoms with Crippen molar-refractivity contribution >= 4 is 29.8 Å². The van der Waals surface area contributed by atoms with Crippen LogP contribution in [0.5, 0.6) is 11.5 Å². The van der Waals surface area contributed by atoms with Gasteiger partial charge >= 0.3 is 17.9 Å². The molecule has 9 nitrogen and oxygen atoms in total. The van der Waals surface area contributed by atoms with Crippen molar-refractivity contribution in [1.29, 1.82) is 0 Å². The van der Waals surface area contributed by atoms with Gasteiger partial charge in [0.05, 0.1) is 31.1 Å². The van der Waals surface area contributed by atoms with Crippen LogP contribution >= 0.6 is 0 Å². The first-order chi connectivity index (χ1) is 20.2. The van der Waals surface area contributed by atoms with Gasteiger partial charge in [-0.05, 0) is 68.5 Å². The molecule has 0 fully saturated rings. The lowest BCUT2D eigenvalue weighted by Gasteiger charge is -2.26. The SMILES string of the molecule is COC(=O)c1ccc(-c2ccc(C3CC(=O)Oc4cc5c(c(O)c43)C(=O)OC(C)CCCC(=O)CCC/C=C/5)o2)cc1. The number of ketones is 1. The highest BCUT2D eigenvalue weighted by molar-refractivity contribution is 5.98. The lowest BCUT2D eigenvalue weighted by molar-refractivity contribution is -0.135. The molecule has 0 radical (unpaired) electrons. The molecule has 9 heteroatoms. The van der Waals surface area contributed by atoms with E-state index >= 15 is 0 Å². The molecule has 3 aromatic rings. The van der Waals surface area contributed by atoms with E-state index in [1.807, 2.05) is 6.08 Å². The molecule has 0 bridgehead atoms. The molecule has 2 unspecified atom stereocenters. The first-order valence-corrected chi connectivity index (χ1v) is 14.0. The fourth-order valence-electron chi connectivity index (χ4n) is 5.35. The van der Waals surface area contributed by atoms with E-state index in [9.17, 15) is 24.3 Å². The maximum absolute atomic E-state index is 13.4. The highest BCUT2D eigenvalue weighted by Gasteiger charge is 2.37. The van der Waals surface area contributed by atoms with E-state index in [4.69, 9.17) is 18.6 Å². The standard InChI is InChI=1S/C33H32O9/c1-19-7-6-10-23(34)9-5-3-4-8-22-17-27-30(31(36)29(22)33(38)40-19)24(18-28(35)42-27)26-16-15-25(41-26)20-11-13-21(14-12-20)32(37)39-2/h4,8,11-17,19,24,36H,3,5-7,9-10,18H2,1-2H3/b8-4+. The second kappa shape index (κ2) is 12.5. The van der Waals surface area contributed by atoms with Crippen LogP contribution in [0.1, 0.15) is 95.4 Å². The first kappa shape index (κ1) is 28.9. The molecule has 0 aliphatic carbocycles. The summed E-state index contributed by atoms with van der Waals surface area (Å²) < 4.78 is 22.1. The number of rotatable bonds is 3. The summed E-state index contributed by atoms with van der Waals surface area (Å²) in [5, 5.41) is 11.6. The van der Waals surface area contributed by atoms with Gasteiger partial charge < -0.3 is 23.7 Å². The van der Waals surface area contributed by atoms with E-state index < -0.39 is 29.9 Å². The lowest BCUT2D eigenvalue weighted by Crippen LogP contribution is -2.23. The van der Waals surface area contributed by atoms with Crippen LogP contribution in [0.15, 0.2) is 53.0 Å². The van der Waals surface area contributed by atoms with Gasteiger partial charge in [0.25, 0.3) is 0 Å². The number of phenolic OH excluding ortho intramolecular Hbond substituents is 1. The minimum atomic E-state index is -0.719. The second-order valence-corrected chi connectivity index (χ2v) is 10.5. The van der Waals surface area contributed by atoms with Crippen molar-refractivity contribution in [1.82, 2.24) is 0 Å². The number of furan rings is 1. The van der Waals surface area contributed by atoms with Gasteiger partial charge in [-0.3, -0.25) is 9.59 Å². The number of fused-ring (bicyclic) bond motifs is 2. The minimum Gasteiger partial charge on any atom is -0.507 e. The average molecular weight is 573 g/mol. The number of hydrogen-bond donors (Lipinski definition) is 1. The number of allylic oxidation sites excluding steroid dienone is 1. The normalized spacial score (nSPS) is 20.4. The smallest absolute Gasteiger partial charge is 0.342 e. The Morgan fingerprint density at radius 3 is 2.55 bits per heavy atom. The van der Waals surface area contributed by atoms with Gasteiger partial charge in [-0.2, -0.15) is 0 Å². The van der Waals surface area contributed by atoms with Gasteiger partial charge in [-0.25, -0.2) is 9.59 Å². The van der Waals surface area contributed by atoms with Crippen LogP contribution in [-0.2, 0) is 19.1 Å². The quantitative estimate of drug-likeness (QED) is 0.281. The molecule has 2 atom stereocenters. The molecule has 1 aromatic heterocycles. The van der Waals surface area contributed by atoms with Crippen molar-refractivity contribution in [2.45, 2.75) is 63.9 Å². The average Bonchev–Trinajstić information content (AvgIpc) is 3.46. The van der Waals surface area contributed by atoms with Gasteiger partial charge in [0.1, 0.15) is 34.4 Å². The van der Waals surface area contributed by atoms with Gasteiger partial charge in [0, 0.05) is 24.0 Å². The number of phenols is 1. The lowest BCUT2D eigenvalue weighted by atomic mass is 9.86. The van der Waals surface area contributed by atoms with Crippen molar-refractivity contribution in [3.05, 3.63) is 76.6 Å². The largest absolute Gasteiger partial charge is 0.507 e. The fraction of sp³-hybridized carbons (Fsp3) is 0.333. The number of Topliss-reactive ketones (excluding diaryl/α,β-unsaturated/α-hetero) is 1. The van der Waals surface area contributed by atoms with E-state index in [0.717, 1.165) is 0 Å².